The minimum atomic E-state index is -4.72. The highest BCUT2D eigenvalue weighted by molar-refractivity contribution is 8.32. The molecule has 54 heavy (non-hydrogen) atoms. The predicted octanol–water partition coefficient (Wildman–Crippen LogP) is 7.31. The lowest BCUT2D eigenvalue weighted by molar-refractivity contribution is 0.0836. The maximum absolute atomic E-state index is 16.9. The molecule has 2 aromatic carbocycles. The van der Waals surface area contributed by atoms with Crippen molar-refractivity contribution in [1.29, 1.82) is 0 Å². The van der Waals surface area contributed by atoms with Gasteiger partial charge in [-0.15, -0.1) is 0 Å². The van der Waals surface area contributed by atoms with E-state index >= 15 is 13.2 Å². The molecule has 0 bridgehead atoms. The van der Waals surface area contributed by atoms with Crippen LogP contribution in [0.3, 0.4) is 0 Å². The van der Waals surface area contributed by atoms with Crippen molar-refractivity contribution in [2.75, 3.05) is 74.1 Å². The number of anilines is 1. The van der Waals surface area contributed by atoms with E-state index in [2.05, 4.69) is 54.1 Å². The quantitative estimate of drug-likeness (QED) is 0.0767. The smallest absolute Gasteiger partial charge is 0.267 e. The highest BCUT2D eigenvalue weighted by Gasteiger charge is 2.28. The van der Waals surface area contributed by atoms with Gasteiger partial charge in [0.05, 0.1) is 49.7 Å². The first-order valence-electron chi connectivity index (χ1n) is 16.4. The molecule has 11 nitrogen and oxygen atoms in total. The van der Waals surface area contributed by atoms with Crippen LogP contribution in [0.4, 0.5) is 23.2 Å². The van der Waals surface area contributed by atoms with Gasteiger partial charge in [0.15, 0.2) is 22.4 Å². The van der Waals surface area contributed by atoms with E-state index in [1.165, 1.54) is 16.8 Å². The van der Waals surface area contributed by atoms with Crippen molar-refractivity contribution in [1.82, 2.24) is 24.3 Å². The average molecular weight is 813 g/mol. The molecule has 0 amide bonds. The first-order chi connectivity index (χ1) is 25.3. The summed E-state index contributed by atoms with van der Waals surface area (Å²) >= 11 is 0. The second-order valence-corrected chi connectivity index (χ2v) is 24.9. The number of halogens is 4. The SMILES string of the molecule is C=Cc1cnc(-c2nn(COCCS(C)(C)C)c3c(F)c(-c4c(F)ccc(NS(=O)(=O)c5cc(F)cnc5OC)c4F)ccc23)n1COCCS(C)(C)C. The lowest BCUT2D eigenvalue weighted by atomic mass is 10.0. The third-order valence-electron chi connectivity index (χ3n) is 8.14. The van der Waals surface area contributed by atoms with Gasteiger partial charge in [-0.2, -0.15) is 5.10 Å². The van der Waals surface area contributed by atoms with Gasteiger partial charge in [-0.05, 0) is 61.8 Å². The first-order valence-corrected chi connectivity index (χ1v) is 23.9. The van der Waals surface area contributed by atoms with Crippen LogP contribution in [0, 0.1) is 23.3 Å². The third kappa shape index (κ3) is 9.22. The number of ether oxygens (including phenoxy) is 3. The van der Waals surface area contributed by atoms with Gasteiger partial charge in [0.2, 0.25) is 5.88 Å². The summed E-state index contributed by atoms with van der Waals surface area (Å²) in [6, 6.07) is 4.89. The molecule has 1 N–H and O–H groups in total. The molecule has 0 fully saturated rings. The Hall–Kier alpha value is -4.10. The zero-order valence-corrected chi connectivity index (χ0v) is 33.5. The molecule has 0 spiro atoms. The average Bonchev–Trinajstić information content (AvgIpc) is 3.67. The molecule has 3 aromatic heterocycles. The summed E-state index contributed by atoms with van der Waals surface area (Å²) in [6.07, 6.45) is 16.9. The Balaban J connectivity index is 1.61. The molecular formula is C36H44F4N6O5S3. The van der Waals surface area contributed by atoms with Gasteiger partial charge < -0.3 is 14.2 Å². The summed E-state index contributed by atoms with van der Waals surface area (Å²) in [4.78, 5) is 7.43. The Kier molecular flexibility index (Phi) is 12.4. The number of hydrogen-bond donors (Lipinski definition) is 1. The maximum atomic E-state index is 16.9. The summed E-state index contributed by atoms with van der Waals surface area (Å²) in [5.74, 6) is -3.10. The fourth-order valence-corrected chi connectivity index (χ4v) is 7.74. The number of benzene rings is 2. The molecule has 0 atom stereocenters. The summed E-state index contributed by atoms with van der Waals surface area (Å²) in [5.41, 5.74) is -1.33. The number of aromatic nitrogens is 5. The number of imidazole rings is 1. The van der Waals surface area contributed by atoms with E-state index in [4.69, 9.17) is 19.3 Å². The highest BCUT2D eigenvalue weighted by Crippen LogP contribution is 2.39. The van der Waals surface area contributed by atoms with Gasteiger partial charge in [0.1, 0.15) is 36.3 Å². The van der Waals surface area contributed by atoms with Crippen molar-refractivity contribution in [3.63, 3.8) is 0 Å². The third-order valence-corrected chi connectivity index (χ3v) is 12.3. The van der Waals surface area contributed by atoms with Crippen LogP contribution in [-0.4, -0.2) is 102 Å². The van der Waals surface area contributed by atoms with Crippen molar-refractivity contribution in [2.24, 2.45) is 0 Å². The summed E-state index contributed by atoms with van der Waals surface area (Å²) < 4.78 is 111. The highest BCUT2D eigenvalue weighted by atomic mass is 32.3. The second-order valence-electron chi connectivity index (χ2n) is 14.0. The predicted molar refractivity (Wildman–Crippen MR) is 210 cm³/mol. The molecule has 0 unspecified atom stereocenters. The van der Waals surface area contributed by atoms with Crippen LogP contribution in [0.2, 0.25) is 0 Å². The number of rotatable bonds is 17. The topological polar surface area (TPSA) is 122 Å². The summed E-state index contributed by atoms with van der Waals surface area (Å²) in [5, 5.41) is 4.96. The molecule has 18 heteroatoms. The van der Waals surface area contributed by atoms with Gasteiger partial charge in [-0.1, -0.05) is 12.6 Å². The number of nitrogens with zero attached hydrogens (tertiary/aromatic N) is 5. The van der Waals surface area contributed by atoms with Crippen LogP contribution in [0.5, 0.6) is 5.88 Å². The number of methoxy groups -OCH3 is 1. The Morgan fingerprint density at radius 3 is 2.17 bits per heavy atom. The second kappa shape index (κ2) is 16.3. The normalized spacial score (nSPS) is 13.0. The van der Waals surface area contributed by atoms with Crippen LogP contribution in [0.1, 0.15) is 5.69 Å². The van der Waals surface area contributed by atoms with Gasteiger partial charge in [-0.25, -0.2) is 60.7 Å². The minimum absolute atomic E-state index is 0.114. The maximum Gasteiger partial charge on any atom is 0.267 e. The zero-order valence-electron chi connectivity index (χ0n) is 31.1. The fourth-order valence-electron chi connectivity index (χ4n) is 5.32. The van der Waals surface area contributed by atoms with E-state index in [1.807, 2.05) is 4.72 Å². The number of nitrogens with one attached hydrogen (secondary N) is 1. The summed E-state index contributed by atoms with van der Waals surface area (Å²) in [6.45, 7) is 4.66. The van der Waals surface area contributed by atoms with Gasteiger partial charge in [-0.3, -0.25) is 9.29 Å². The lowest BCUT2D eigenvalue weighted by Gasteiger charge is -2.24. The molecule has 0 radical (unpaired) electrons. The van der Waals surface area contributed by atoms with Gasteiger partial charge in [0, 0.05) is 28.5 Å². The van der Waals surface area contributed by atoms with Crippen molar-refractivity contribution >= 4 is 52.7 Å². The Labute approximate surface area is 315 Å². The van der Waals surface area contributed by atoms with Crippen molar-refractivity contribution < 1.29 is 40.2 Å². The monoisotopic (exact) mass is 812 g/mol. The van der Waals surface area contributed by atoms with E-state index in [9.17, 15) is 12.8 Å². The molecule has 3 heterocycles. The van der Waals surface area contributed by atoms with Crippen molar-refractivity contribution in [2.45, 2.75) is 18.4 Å². The van der Waals surface area contributed by atoms with E-state index in [0.29, 0.717) is 30.8 Å². The molecule has 5 rings (SSSR count). The Morgan fingerprint density at radius 1 is 0.870 bits per heavy atom. The largest absolute Gasteiger partial charge is 0.480 e. The number of sulfonamides is 1. The molecular weight excluding hydrogens is 769 g/mol. The molecule has 5 aromatic rings. The van der Waals surface area contributed by atoms with E-state index < -0.39 is 80.9 Å². The van der Waals surface area contributed by atoms with E-state index in [-0.39, 0.29) is 30.1 Å². The molecule has 0 aliphatic carbocycles. The summed E-state index contributed by atoms with van der Waals surface area (Å²) in [7, 11) is -5.32. The number of hydrogen-bond acceptors (Lipinski definition) is 8. The number of fused-ring (bicyclic) bond motifs is 1. The van der Waals surface area contributed by atoms with Crippen molar-refractivity contribution in [3.05, 3.63) is 78.3 Å². The van der Waals surface area contributed by atoms with Crippen molar-refractivity contribution in [3.8, 4) is 28.5 Å². The molecule has 294 valence electrons. The molecule has 0 saturated heterocycles. The van der Waals surface area contributed by atoms with E-state index in [0.717, 1.165) is 36.9 Å². The van der Waals surface area contributed by atoms with Crippen LogP contribution in [-0.2, 0) is 33.0 Å². The van der Waals surface area contributed by atoms with E-state index in [1.54, 1.807) is 16.8 Å². The standard InChI is InChI=1S/C36H44F4N6O5S3/c1-9-24-20-41-35(45(24)21-50-14-16-52(3,4)5)33-26-11-10-25(31(39)34(26)46(43-33)22-51-15-17-53(6,7)8)30-27(38)12-13-28(32(30)40)44-54(47,48)29-18-23(37)19-42-36(29)49-2/h9-13,18-20,44H,1,14-17,21-22H2,2-8H3. The van der Waals surface area contributed by atoms with Crippen LogP contribution < -0.4 is 9.46 Å². The first kappa shape index (κ1) is 41.1. The zero-order chi connectivity index (χ0) is 39.6. The van der Waals surface area contributed by atoms with Crippen LogP contribution >= 0.6 is 20.1 Å². The number of pyridine rings is 1. The van der Waals surface area contributed by atoms with Gasteiger partial charge in [0.25, 0.3) is 10.0 Å². The van der Waals surface area contributed by atoms with Crippen LogP contribution in [0.25, 0.3) is 39.6 Å². The Morgan fingerprint density at radius 2 is 1.54 bits per heavy atom. The van der Waals surface area contributed by atoms with Gasteiger partial charge >= 0.3 is 0 Å². The van der Waals surface area contributed by atoms with Crippen LogP contribution in [0.15, 0.2) is 54.2 Å². The lowest BCUT2D eigenvalue weighted by Crippen LogP contribution is -2.16. The fraction of sp³-hybridized carbons (Fsp3) is 0.361. The Bertz CT molecular complexity index is 2280. The molecule has 0 aliphatic heterocycles. The minimum Gasteiger partial charge on any atom is -0.480 e. The molecule has 0 aliphatic rings. The molecule has 0 saturated carbocycles.